The van der Waals surface area contributed by atoms with Crippen molar-refractivity contribution >= 4 is 37.9 Å². The standard InChI is InChI=1S/C11H14ClN3O3S2/c12-9-10(15-5-6-19-11(15)13-9)20(17,18)14-3-1-8(7-16)2-4-14/h5-6,8,16H,1-4,7H2. The quantitative estimate of drug-likeness (QED) is 0.921. The lowest BCUT2D eigenvalue weighted by Gasteiger charge is -2.29. The molecule has 0 unspecified atom stereocenters. The van der Waals surface area contributed by atoms with Gasteiger partial charge in [0.2, 0.25) is 0 Å². The van der Waals surface area contributed by atoms with Crippen molar-refractivity contribution in [2.45, 2.75) is 17.9 Å². The summed E-state index contributed by atoms with van der Waals surface area (Å²) >= 11 is 7.34. The highest BCUT2D eigenvalue weighted by Crippen LogP contribution is 2.30. The smallest absolute Gasteiger partial charge is 0.262 e. The molecule has 3 heterocycles. The van der Waals surface area contributed by atoms with Gasteiger partial charge in [0, 0.05) is 31.3 Å². The topological polar surface area (TPSA) is 74.9 Å². The Morgan fingerprint density at radius 3 is 2.80 bits per heavy atom. The maximum absolute atomic E-state index is 12.7. The summed E-state index contributed by atoms with van der Waals surface area (Å²) in [4.78, 5) is 4.63. The molecule has 0 radical (unpaired) electrons. The van der Waals surface area contributed by atoms with E-state index in [-0.39, 0.29) is 22.7 Å². The van der Waals surface area contributed by atoms with Gasteiger partial charge in [0.05, 0.1) is 0 Å². The van der Waals surface area contributed by atoms with Gasteiger partial charge >= 0.3 is 0 Å². The summed E-state index contributed by atoms with van der Waals surface area (Å²) in [6, 6.07) is 0. The molecule has 6 nitrogen and oxygen atoms in total. The van der Waals surface area contributed by atoms with Crippen molar-refractivity contribution in [3.63, 3.8) is 0 Å². The lowest BCUT2D eigenvalue weighted by Crippen LogP contribution is -2.39. The fourth-order valence-corrected chi connectivity index (χ4v) is 5.30. The zero-order chi connectivity index (χ0) is 14.3. The number of rotatable bonds is 3. The van der Waals surface area contributed by atoms with Gasteiger partial charge in [-0.2, -0.15) is 4.31 Å². The second kappa shape index (κ2) is 5.27. The summed E-state index contributed by atoms with van der Waals surface area (Å²) in [5.74, 6) is 0.184. The van der Waals surface area contributed by atoms with Gasteiger partial charge in [-0.1, -0.05) is 11.6 Å². The third-order valence-corrected chi connectivity index (χ3v) is 6.65. The van der Waals surface area contributed by atoms with Gasteiger partial charge in [-0.15, -0.1) is 11.3 Å². The number of thiazole rings is 1. The summed E-state index contributed by atoms with van der Waals surface area (Å²) < 4.78 is 28.3. The van der Waals surface area contributed by atoms with E-state index in [1.165, 1.54) is 20.0 Å². The van der Waals surface area contributed by atoms with E-state index in [9.17, 15) is 8.42 Å². The number of aliphatic hydroxyl groups excluding tert-OH is 1. The van der Waals surface area contributed by atoms with Crippen LogP contribution in [0.3, 0.4) is 0 Å². The molecule has 0 aromatic carbocycles. The van der Waals surface area contributed by atoms with Crippen LogP contribution in [-0.4, -0.2) is 46.9 Å². The summed E-state index contributed by atoms with van der Waals surface area (Å²) in [5.41, 5.74) is 0. The van der Waals surface area contributed by atoms with E-state index in [2.05, 4.69) is 4.98 Å². The SMILES string of the molecule is O=S(=O)(c1c(Cl)nc2sccn12)N1CCC(CO)CC1. The molecule has 9 heteroatoms. The molecule has 3 rings (SSSR count). The minimum absolute atomic E-state index is 0.0149. The van der Waals surface area contributed by atoms with Crippen LogP contribution in [0.4, 0.5) is 0 Å². The second-order valence-electron chi connectivity index (χ2n) is 4.79. The molecule has 2 aromatic heterocycles. The molecule has 1 aliphatic rings. The Morgan fingerprint density at radius 2 is 2.15 bits per heavy atom. The Bertz CT molecular complexity index is 716. The first kappa shape index (κ1) is 14.3. The summed E-state index contributed by atoms with van der Waals surface area (Å²) in [6.07, 6.45) is 2.99. The Labute approximate surface area is 125 Å². The van der Waals surface area contributed by atoms with Crippen molar-refractivity contribution in [3.05, 3.63) is 16.7 Å². The van der Waals surface area contributed by atoms with Gasteiger partial charge < -0.3 is 5.11 Å². The van der Waals surface area contributed by atoms with Crippen LogP contribution in [0.2, 0.25) is 5.15 Å². The van der Waals surface area contributed by atoms with Crippen LogP contribution in [0.1, 0.15) is 12.8 Å². The molecule has 1 N–H and O–H groups in total. The largest absolute Gasteiger partial charge is 0.396 e. The molecule has 0 bridgehead atoms. The minimum atomic E-state index is -3.65. The first-order chi connectivity index (χ1) is 9.54. The molecular weight excluding hydrogens is 322 g/mol. The molecule has 1 saturated heterocycles. The molecule has 0 spiro atoms. The predicted molar refractivity (Wildman–Crippen MR) is 76.6 cm³/mol. The van der Waals surface area contributed by atoms with Crippen molar-refractivity contribution in [2.24, 2.45) is 5.92 Å². The number of aromatic nitrogens is 2. The number of hydrogen-bond donors (Lipinski definition) is 1. The Morgan fingerprint density at radius 1 is 1.45 bits per heavy atom. The van der Waals surface area contributed by atoms with E-state index in [1.807, 2.05) is 0 Å². The van der Waals surface area contributed by atoms with Crippen LogP contribution in [0.15, 0.2) is 16.6 Å². The molecular formula is C11H14ClN3O3S2. The highest BCUT2D eigenvalue weighted by atomic mass is 35.5. The third-order valence-electron chi connectivity index (χ3n) is 3.59. The molecule has 0 aliphatic carbocycles. The zero-order valence-electron chi connectivity index (χ0n) is 10.6. The number of imidazole rings is 1. The number of halogens is 1. The first-order valence-corrected chi connectivity index (χ1v) is 8.96. The van der Waals surface area contributed by atoms with Gasteiger partial charge in [0.15, 0.2) is 15.1 Å². The zero-order valence-corrected chi connectivity index (χ0v) is 13.0. The van der Waals surface area contributed by atoms with E-state index in [0.29, 0.717) is 30.9 Å². The number of sulfonamides is 1. The number of hydrogen-bond acceptors (Lipinski definition) is 5. The molecule has 1 fully saturated rings. The molecule has 0 atom stereocenters. The van der Waals surface area contributed by atoms with E-state index in [1.54, 1.807) is 11.6 Å². The third kappa shape index (κ3) is 2.25. The average Bonchev–Trinajstić information content (AvgIpc) is 2.98. The number of fused-ring (bicyclic) bond motifs is 1. The maximum Gasteiger partial charge on any atom is 0.262 e. The van der Waals surface area contributed by atoms with Crippen LogP contribution in [0, 0.1) is 5.92 Å². The average molecular weight is 336 g/mol. The highest BCUT2D eigenvalue weighted by Gasteiger charge is 2.33. The van der Waals surface area contributed by atoms with Crippen LogP contribution in [-0.2, 0) is 10.0 Å². The number of aliphatic hydroxyl groups is 1. The summed E-state index contributed by atoms with van der Waals surface area (Å²) in [5, 5.41) is 10.9. The van der Waals surface area contributed by atoms with E-state index < -0.39 is 10.0 Å². The number of piperidine rings is 1. The molecule has 110 valence electrons. The minimum Gasteiger partial charge on any atom is -0.396 e. The summed E-state index contributed by atoms with van der Waals surface area (Å²) in [7, 11) is -3.65. The summed E-state index contributed by atoms with van der Waals surface area (Å²) in [6.45, 7) is 0.915. The van der Waals surface area contributed by atoms with Gasteiger partial charge in [-0.25, -0.2) is 13.4 Å². The van der Waals surface area contributed by atoms with Crippen LogP contribution < -0.4 is 0 Å². The van der Waals surface area contributed by atoms with Crippen LogP contribution >= 0.6 is 22.9 Å². The maximum atomic E-state index is 12.7. The van der Waals surface area contributed by atoms with Crippen molar-refractivity contribution < 1.29 is 13.5 Å². The second-order valence-corrected chi connectivity index (χ2v) is 7.88. The first-order valence-electron chi connectivity index (χ1n) is 6.26. The Kier molecular flexibility index (Phi) is 3.76. The van der Waals surface area contributed by atoms with Crippen molar-refractivity contribution in [2.75, 3.05) is 19.7 Å². The lowest BCUT2D eigenvalue weighted by molar-refractivity contribution is 0.170. The molecule has 2 aromatic rings. The highest BCUT2D eigenvalue weighted by molar-refractivity contribution is 7.89. The fourth-order valence-electron chi connectivity index (χ4n) is 2.42. The Balaban J connectivity index is 1.96. The monoisotopic (exact) mass is 335 g/mol. The van der Waals surface area contributed by atoms with E-state index in [0.717, 1.165) is 0 Å². The molecule has 20 heavy (non-hydrogen) atoms. The van der Waals surface area contributed by atoms with E-state index >= 15 is 0 Å². The van der Waals surface area contributed by atoms with Crippen molar-refractivity contribution in [1.82, 2.24) is 13.7 Å². The Hall–Kier alpha value is -0.670. The molecule has 0 saturated carbocycles. The van der Waals surface area contributed by atoms with Gasteiger partial charge in [0.25, 0.3) is 10.0 Å². The fraction of sp³-hybridized carbons (Fsp3) is 0.545. The van der Waals surface area contributed by atoms with Gasteiger partial charge in [0.1, 0.15) is 0 Å². The predicted octanol–water partition coefficient (Wildman–Crippen LogP) is 1.44. The van der Waals surface area contributed by atoms with Crippen molar-refractivity contribution in [1.29, 1.82) is 0 Å². The van der Waals surface area contributed by atoms with Crippen molar-refractivity contribution in [3.8, 4) is 0 Å². The van der Waals surface area contributed by atoms with E-state index in [4.69, 9.17) is 16.7 Å². The van der Waals surface area contributed by atoms with Gasteiger partial charge in [-0.3, -0.25) is 4.40 Å². The molecule has 1 aliphatic heterocycles. The lowest BCUT2D eigenvalue weighted by atomic mass is 10.00. The number of nitrogens with zero attached hydrogens (tertiary/aromatic N) is 3. The van der Waals surface area contributed by atoms with Gasteiger partial charge in [-0.05, 0) is 18.8 Å². The molecule has 0 amide bonds. The normalized spacial score (nSPS) is 18.9. The van der Waals surface area contributed by atoms with Crippen LogP contribution in [0.25, 0.3) is 4.96 Å². The van der Waals surface area contributed by atoms with Crippen LogP contribution in [0.5, 0.6) is 0 Å².